The summed E-state index contributed by atoms with van der Waals surface area (Å²) in [5.74, 6) is 0.345. The summed E-state index contributed by atoms with van der Waals surface area (Å²) in [5, 5.41) is 8.17. The quantitative estimate of drug-likeness (QED) is 0.924. The van der Waals surface area contributed by atoms with Gasteiger partial charge in [-0.15, -0.1) is 0 Å². The van der Waals surface area contributed by atoms with Crippen LogP contribution in [0.5, 0.6) is 0 Å². The molecule has 3 rings (SSSR count). The molecule has 0 bridgehead atoms. The smallest absolute Gasteiger partial charge is 0.224 e. The normalized spacial score (nSPS) is 21.5. The molecule has 1 fully saturated rings. The highest BCUT2D eigenvalue weighted by atomic mass is 35.5. The Morgan fingerprint density at radius 2 is 2.23 bits per heavy atom. The molecule has 2 aromatic rings. The molecule has 1 aromatic heterocycles. The molecule has 1 aliphatic rings. The largest absolute Gasteiger partial charge is 0.349 e. The maximum Gasteiger partial charge on any atom is 0.224 e. The molecule has 0 saturated heterocycles. The number of aromatic nitrogens is 2. The van der Waals surface area contributed by atoms with Crippen LogP contribution >= 0.6 is 23.2 Å². The first-order valence-electron chi connectivity index (χ1n) is 7.20. The Morgan fingerprint density at radius 3 is 2.91 bits per heavy atom. The Morgan fingerprint density at radius 1 is 1.45 bits per heavy atom. The van der Waals surface area contributed by atoms with Crippen molar-refractivity contribution in [2.45, 2.75) is 25.3 Å². The number of hydrogen-bond acceptors (Lipinski definition) is 2. The van der Waals surface area contributed by atoms with Gasteiger partial charge < -0.3 is 5.32 Å². The van der Waals surface area contributed by atoms with Crippen molar-refractivity contribution in [3.8, 4) is 0 Å². The summed E-state index contributed by atoms with van der Waals surface area (Å²) in [6.45, 7) is 1.91. The molecular weight excluding hydrogens is 321 g/mol. The van der Waals surface area contributed by atoms with Gasteiger partial charge in [0.25, 0.3) is 0 Å². The molecule has 1 saturated carbocycles. The van der Waals surface area contributed by atoms with Crippen LogP contribution in [0.25, 0.3) is 0 Å². The van der Waals surface area contributed by atoms with Crippen LogP contribution in [0.3, 0.4) is 0 Å². The lowest BCUT2D eigenvalue weighted by Crippen LogP contribution is -2.28. The van der Waals surface area contributed by atoms with Gasteiger partial charge in [0, 0.05) is 19.2 Å². The van der Waals surface area contributed by atoms with E-state index in [1.807, 2.05) is 38.5 Å². The van der Waals surface area contributed by atoms with Gasteiger partial charge in [0.05, 0.1) is 22.3 Å². The van der Waals surface area contributed by atoms with Gasteiger partial charge >= 0.3 is 0 Å². The number of amides is 1. The highest BCUT2D eigenvalue weighted by molar-refractivity contribution is 6.42. The minimum atomic E-state index is -0.172. The van der Waals surface area contributed by atoms with Gasteiger partial charge in [0.2, 0.25) is 5.91 Å². The van der Waals surface area contributed by atoms with Crippen LogP contribution in [0.1, 0.15) is 36.4 Å². The van der Waals surface area contributed by atoms with Gasteiger partial charge in [-0.2, -0.15) is 5.10 Å². The number of halogens is 2. The molecule has 1 amide bonds. The molecule has 0 aliphatic heterocycles. The second-order valence-electron chi connectivity index (χ2n) is 5.77. The Labute approximate surface area is 139 Å². The van der Waals surface area contributed by atoms with Crippen molar-refractivity contribution in [1.29, 1.82) is 0 Å². The average Bonchev–Trinajstić information content (AvgIpc) is 3.17. The number of rotatable bonds is 4. The van der Waals surface area contributed by atoms with Gasteiger partial charge in [0.1, 0.15) is 0 Å². The Hall–Kier alpha value is -1.52. The van der Waals surface area contributed by atoms with Crippen LogP contribution in [0.4, 0.5) is 0 Å². The monoisotopic (exact) mass is 337 g/mol. The SMILES string of the molecule is CC(NC(=O)C1CC1c1cnn(C)c1)c1cccc(Cl)c1Cl. The van der Waals surface area contributed by atoms with Gasteiger partial charge in [-0.3, -0.25) is 9.48 Å². The van der Waals surface area contributed by atoms with Crippen molar-refractivity contribution in [1.82, 2.24) is 15.1 Å². The van der Waals surface area contributed by atoms with Crippen LogP contribution in [0, 0.1) is 5.92 Å². The van der Waals surface area contributed by atoms with E-state index >= 15 is 0 Å². The Balaban J connectivity index is 1.64. The summed E-state index contributed by atoms with van der Waals surface area (Å²) < 4.78 is 1.76. The summed E-state index contributed by atoms with van der Waals surface area (Å²) in [6, 6.07) is 5.28. The maximum atomic E-state index is 12.4. The summed E-state index contributed by atoms with van der Waals surface area (Å²) in [5.41, 5.74) is 1.96. The summed E-state index contributed by atoms with van der Waals surface area (Å²) in [6.07, 6.45) is 4.66. The lowest BCUT2D eigenvalue weighted by molar-refractivity contribution is -0.123. The molecule has 1 aromatic carbocycles. The van der Waals surface area contributed by atoms with Crippen LogP contribution in [0.2, 0.25) is 10.0 Å². The first-order valence-corrected chi connectivity index (χ1v) is 7.95. The summed E-state index contributed by atoms with van der Waals surface area (Å²) in [7, 11) is 1.88. The third-order valence-corrected chi connectivity index (χ3v) is 4.92. The number of hydrogen-bond donors (Lipinski definition) is 1. The number of carbonyl (C=O) groups excluding carboxylic acids is 1. The highest BCUT2D eigenvalue weighted by Gasteiger charge is 2.44. The number of nitrogens with one attached hydrogen (secondary N) is 1. The fourth-order valence-corrected chi connectivity index (χ4v) is 3.21. The molecule has 0 spiro atoms. The van der Waals surface area contributed by atoms with Crippen molar-refractivity contribution in [2.75, 3.05) is 0 Å². The van der Waals surface area contributed by atoms with Gasteiger partial charge in [-0.1, -0.05) is 35.3 Å². The van der Waals surface area contributed by atoms with E-state index in [1.165, 1.54) is 0 Å². The van der Waals surface area contributed by atoms with Crippen LogP contribution < -0.4 is 5.32 Å². The van der Waals surface area contributed by atoms with E-state index in [4.69, 9.17) is 23.2 Å². The summed E-state index contributed by atoms with van der Waals surface area (Å²) in [4.78, 5) is 12.4. The van der Waals surface area contributed by atoms with E-state index in [2.05, 4.69) is 10.4 Å². The van der Waals surface area contributed by atoms with Crippen molar-refractivity contribution in [3.63, 3.8) is 0 Å². The number of aryl methyl sites for hydroxylation is 1. The van der Waals surface area contributed by atoms with Crippen molar-refractivity contribution < 1.29 is 4.79 Å². The topological polar surface area (TPSA) is 46.9 Å². The van der Waals surface area contributed by atoms with E-state index in [1.54, 1.807) is 10.7 Å². The first kappa shape index (κ1) is 15.4. The Kier molecular flexibility index (Phi) is 4.15. The van der Waals surface area contributed by atoms with Gasteiger partial charge in [-0.25, -0.2) is 0 Å². The van der Waals surface area contributed by atoms with Gasteiger partial charge in [0.15, 0.2) is 0 Å². The molecule has 1 N–H and O–H groups in total. The fourth-order valence-electron chi connectivity index (χ4n) is 2.74. The van der Waals surface area contributed by atoms with E-state index in [0.717, 1.165) is 17.5 Å². The minimum Gasteiger partial charge on any atom is -0.349 e. The van der Waals surface area contributed by atoms with Crippen LogP contribution in [-0.4, -0.2) is 15.7 Å². The van der Waals surface area contributed by atoms with E-state index in [-0.39, 0.29) is 23.8 Å². The third-order valence-electron chi connectivity index (χ3n) is 4.09. The molecule has 3 atom stereocenters. The average molecular weight is 338 g/mol. The van der Waals surface area contributed by atoms with E-state index < -0.39 is 0 Å². The number of benzene rings is 1. The lowest BCUT2D eigenvalue weighted by Gasteiger charge is -2.16. The minimum absolute atomic E-state index is 0.0182. The molecule has 116 valence electrons. The molecule has 3 unspecified atom stereocenters. The second kappa shape index (κ2) is 5.94. The fraction of sp³-hybridized carbons (Fsp3) is 0.375. The van der Waals surface area contributed by atoms with Crippen LogP contribution in [-0.2, 0) is 11.8 Å². The maximum absolute atomic E-state index is 12.4. The lowest BCUT2D eigenvalue weighted by atomic mass is 10.1. The predicted molar refractivity (Wildman–Crippen MR) is 87.1 cm³/mol. The highest BCUT2D eigenvalue weighted by Crippen LogP contribution is 2.47. The first-order chi connectivity index (χ1) is 10.5. The molecule has 22 heavy (non-hydrogen) atoms. The van der Waals surface area contributed by atoms with E-state index in [9.17, 15) is 4.79 Å². The number of nitrogens with zero attached hydrogens (tertiary/aromatic N) is 2. The van der Waals surface area contributed by atoms with E-state index in [0.29, 0.717) is 10.0 Å². The molecular formula is C16H17Cl2N3O. The molecule has 4 nitrogen and oxygen atoms in total. The van der Waals surface area contributed by atoms with Gasteiger partial charge in [-0.05, 0) is 36.5 Å². The van der Waals surface area contributed by atoms with Crippen molar-refractivity contribution in [2.24, 2.45) is 13.0 Å². The molecule has 0 radical (unpaired) electrons. The molecule has 1 heterocycles. The zero-order valence-corrected chi connectivity index (χ0v) is 13.9. The molecule has 1 aliphatic carbocycles. The third kappa shape index (κ3) is 2.99. The van der Waals surface area contributed by atoms with Crippen molar-refractivity contribution in [3.05, 3.63) is 51.8 Å². The summed E-state index contributed by atoms with van der Waals surface area (Å²) >= 11 is 12.2. The van der Waals surface area contributed by atoms with Crippen molar-refractivity contribution >= 4 is 29.1 Å². The zero-order chi connectivity index (χ0) is 15.9. The molecule has 6 heteroatoms. The second-order valence-corrected chi connectivity index (χ2v) is 6.55. The Bertz CT molecular complexity index is 713. The predicted octanol–water partition coefficient (Wildman–Crippen LogP) is 3.71. The number of carbonyl (C=O) groups is 1. The van der Waals surface area contributed by atoms with Crippen LogP contribution in [0.15, 0.2) is 30.6 Å². The zero-order valence-electron chi connectivity index (χ0n) is 12.4. The standard InChI is InChI=1S/C16H17Cl2N3O/c1-9(11-4-3-5-14(17)15(11)18)20-16(22)13-6-12(13)10-7-19-21(2)8-10/h3-5,7-9,12-13H,6H2,1-2H3,(H,20,22).